The van der Waals surface area contributed by atoms with Crippen molar-refractivity contribution in [3.8, 4) is 5.75 Å². The number of nitrogen functional groups attached to an aromatic ring is 1. The normalized spacial score (nSPS) is 19.3. The number of hydrogen-bond donors (Lipinski definition) is 2. The summed E-state index contributed by atoms with van der Waals surface area (Å²) in [6.45, 7) is 4.40. The van der Waals surface area contributed by atoms with Crippen LogP contribution in [0.3, 0.4) is 0 Å². The summed E-state index contributed by atoms with van der Waals surface area (Å²) in [4.78, 5) is 10.8. The number of benzene rings is 1. The van der Waals surface area contributed by atoms with Gasteiger partial charge in [0.25, 0.3) is 0 Å². The van der Waals surface area contributed by atoms with Gasteiger partial charge in [0.2, 0.25) is 5.95 Å². The Kier molecular flexibility index (Phi) is 5.27. The first-order chi connectivity index (χ1) is 16.1. The Bertz CT molecular complexity index is 1360. The zero-order chi connectivity index (χ0) is 24.2. The van der Waals surface area contributed by atoms with Gasteiger partial charge in [-0.25, -0.2) is 18.7 Å². The first-order valence-corrected chi connectivity index (χ1v) is 10.9. The summed E-state index contributed by atoms with van der Waals surface area (Å²) in [6.07, 6.45) is 2.59. The minimum absolute atomic E-state index is 0.0526. The summed E-state index contributed by atoms with van der Waals surface area (Å²) in [5.74, 6) is -0.319. The molecule has 0 spiro atoms. The van der Waals surface area contributed by atoms with Crippen molar-refractivity contribution in [1.29, 1.82) is 0 Å². The van der Waals surface area contributed by atoms with E-state index in [0.717, 1.165) is 5.69 Å². The highest BCUT2D eigenvalue weighted by atomic mass is 19.1. The number of nitrogens with two attached hydrogens (primary N) is 1. The number of rotatable bonds is 5. The van der Waals surface area contributed by atoms with E-state index in [1.54, 1.807) is 30.9 Å². The van der Waals surface area contributed by atoms with Gasteiger partial charge in [-0.3, -0.25) is 4.68 Å². The molecule has 180 valence electrons. The van der Waals surface area contributed by atoms with Crippen molar-refractivity contribution in [2.75, 3.05) is 30.8 Å². The molecule has 1 aliphatic rings. The van der Waals surface area contributed by atoms with Gasteiger partial charge in [0, 0.05) is 36.7 Å². The van der Waals surface area contributed by atoms with Gasteiger partial charge < -0.3 is 20.5 Å². The van der Waals surface area contributed by atoms with Gasteiger partial charge >= 0.3 is 0 Å². The molecule has 4 aromatic rings. The first-order valence-electron chi connectivity index (χ1n) is 10.9. The molecule has 2 unspecified atom stereocenters. The second-order valence-electron chi connectivity index (χ2n) is 9.32. The fourth-order valence-corrected chi connectivity index (χ4v) is 4.41. The minimum Gasteiger partial charge on any atom is -0.494 e. The van der Waals surface area contributed by atoms with Crippen LogP contribution in [-0.2, 0) is 6.54 Å². The van der Waals surface area contributed by atoms with E-state index in [1.165, 1.54) is 23.8 Å². The van der Waals surface area contributed by atoms with Crippen LogP contribution in [0.15, 0.2) is 24.5 Å². The maximum atomic E-state index is 14.8. The van der Waals surface area contributed by atoms with Crippen LogP contribution in [0.4, 0.5) is 20.4 Å². The van der Waals surface area contributed by atoms with Crippen molar-refractivity contribution < 1.29 is 18.6 Å². The lowest BCUT2D eigenvalue weighted by Crippen LogP contribution is -2.41. The second-order valence-corrected chi connectivity index (χ2v) is 9.32. The van der Waals surface area contributed by atoms with Crippen molar-refractivity contribution >= 4 is 28.2 Å². The van der Waals surface area contributed by atoms with Gasteiger partial charge in [-0.05, 0) is 26.3 Å². The molecule has 0 radical (unpaired) electrons. The molecule has 0 saturated carbocycles. The van der Waals surface area contributed by atoms with Crippen molar-refractivity contribution in [3.05, 3.63) is 36.2 Å². The molecule has 0 aliphatic carbocycles. The van der Waals surface area contributed by atoms with E-state index in [-0.39, 0.29) is 30.6 Å². The van der Waals surface area contributed by atoms with Crippen molar-refractivity contribution in [3.63, 3.8) is 0 Å². The summed E-state index contributed by atoms with van der Waals surface area (Å²) in [7, 11) is 1.37. The van der Waals surface area contributed by atoms with Crippen LogP contribution in [0.2, 0.25) is 0 Å². The number of nitrogens with zero attached hydrogens (tertiary/aromatic N) is 7. The average Bonchev–Trinajstić information content (AvgIpc) is 3.40. The molecule has 2 atom stereocenters. The first kappa shape index (κ1) is 22.3. The molecule has 0 bridgehead atoms. The third-order valence-electron chi connectivity index (χ3n) is 5.88. The predicted octanol–water partition coefficient (Wildman–Crippen LogP) is 2.31. The maximum Gasteiger partial charge on any atom is 0.223 e. The van der Waals surface area contributed by atoms with E-state index < -0.39 is 17.6 Å². The van der Waals surface area contributed by atoms with Crippen LogP contribution in [0.5, 0.6) is 5.75 Å². The monoisotopic (exact) mass is 472 g/mol. The molecule has 10 nitrogen and oxygen atoms in total. The van der Waals surface area contributed by atoms with Gasteiger partial charge in [0.15, 0.2) is 23.0 Å². The smallest absolute Gasteiger partial charge is 0.223 e. The van der Waals surface area contributed by atoms with Crippen LogP contribution >= 0.6 is 0 Å². The highest BCUT2D eigenvalue weighted by Crippen LogP contribution is 2.32. The Balaban J connectivity index is 1.48. The number of anilines is 2. The van der Waals surface area contributed by atoms with E-state index in [1.807, 2.05) is 4.90 Å². The Morgan fingerprint density at radius 2 is 2.06 bits per heavy atom. The van der Waals surface area contributed by atoms with Crippen molar-refractivity contribution in [1.82, 2.24) is 29.4 Å². The fourth-order valence-electron chi connectivity index (χ4n) is 4.41. The number of hydrogen-bond acceptors (Lipinski definition) is 8. The summed E-state index contributed by atoms with van der Waals surface area (Å²) in [5.41, 5.74) is 6.70. The van der Waals surface area contributed by atoms with E-state index in [9.17, 15) is 13.9 Å². The van der Waals surface area contributed by atoms with Gasteiger partial charge in [-0.15, -0.1) is 5.10 Å². The summed E-state index contributed by atoms with van der Waals surface area (Å²) >= 11 is 0. The van der Waals surface area contributed by atoms with E-state index in [0.29, 0.717) is 35.5 Å². The summed E-state index contributed by atoms with van der Waals surface area (Å²) < 4.78 is 37.2. The molecule has 1 saturated heterocycles. The molecule has 0 amide bonds. The fraction of sp³-hybridized carbons (Fsp3) is 0.455. The molecular formula is C22H26F2N8O2. The average molecular weight is 473 g/mol. The highest BCUT2D eigenvalue weighted by molar-refractivity contribution is 5.93. The molecular weight excluding hydrogens is 446 g/mol. The Hall–Kier alpha value is -3.54. The van der Waals surface area contributed by atoms with E-state index in [4.69, 9.17) is 10.5 Å². The zero-order valence-corrected chi connectivity index (χ0v) is 19.1. The number of aromatic nitrogens is 6. The van der Waals surface area contributed by atoms with E-state index >= 15 is 0 Å². The van der Waals surface area contributed by atoms with Crippen LogP contribution in [-0.4, -0.2) is 66.4 Å². The molecule has 4 heterocycles. The number of halogens is 2. The quantitative estimate of drug-likeness (QED) is 0.454. The summed E-state index contributed by atoms with van der Waals surface area (Å²) in [5, 5.41) is 19.3. The lowest BCUT2D eigenvalue weighted by atomic mass is 9.96. The third-order valence-corrected chi connectivity index (χ3v) is 5.88. The maximum absolute atomic E-state index is 14.8. The minimum atomic E-state index is -1.10. The largest absolute Gasteiger partial charge is 0.494 e. The van der Waals surface area contributed by atoms with Crippen LogP contribution in [0.25, 0.3) is 16.6 Å². The van der Waals surface area contributed by atoms with Gasteiger partial charge in [-0.2, -0.15) is 9.61 Å². The van der Waals surface area contributed by atoms with Gasteiger partial charge in [0.1, 0.15) is 6.17 Å². The number of piperidine rings is 1. The zero-order valence-electron chi connectivity index (χ0n) is 19.1. The molecule has 12 heteroatoms. The second kappa shape index (κ2) is 8.05. The molecule has 5 rings (SSSR count). The summed E-state index contributed by atoms with van der Waals surface area (Å²) in [6, 6.07) is 2.75. The number of alkyl halides is 1. The molecule has 3 N–H and O–H groups in total. The topological polar surface area (TPSA) is 120 Å². The number of methoxy groups -OCH3 is 1. The third kappa shape index (κ3) is 4.09. The molecule has 1 aromatic carbocycles. The number of aliphatic hydroxyl groups is 1. The number of fused-ring (bicyclic) bond motifs is 3. The van der Waals surface area contributed by atoms with Gasteiger partial charge in [-0.1, -0.05) is 0 Å². The lowest BCUT2D eigenvalue weighted by molar-refractivity contribution is 0.0577. The van der Waals surface area contributed by atoms with Crippen LogP contribution in [0.1, 0.15) is 32.0 Å². The van der Waals surface area contributed by atoms with E-state index in [2.05, 4.69) is 20.2 Å². The lowest BCUT2D eigenvalue weighted by Gasteiger charge is -2.34. The highest BCUT2D eigenvalue weighted by Gasteiger charge is 2.32. The Morgan fingerprint density at radius 3 is 2.79 bits per heavy atom. The predicted molar refractivity (Wildman–Crippen MR) is 122 cm³/mol. The van der Waals surface area contributed by atoms with Crippen LogP contribution < -0.4 is 15.4 Å². The van der Waals surface area contributed by atoms with Crippen molar-refractivity contribution in [2.45, 2.75) is 44.5 Å². The Morgan fingerprint density at radius 1 is 1.26 bits per heavy atom. The van der Waals surface area contributed by atoms with Crippen molar-refractivity contribution in [2.24, 2.45) is 0 Å². The van der Waals surface area contributed by atoms with Crippen LogP contribution in [0, 0.1) is 5.82 Å². The molecule has 1 aliphatic heterocycles. The SMILES string of the molecule is COc1cc2nc(N)n3nc(C4CC(F)CN(c5cnn(CC(C)(C)O)c5)C4)nc3c2cc1F. The standard InChI is InChI=1S/C22H26F2N8O2/c1-22(2,33)11-31-10-14(7-26-31)30-8-12(4-13(23)9-30)19-28-20-15-5-16(24)18(34-3)6-17(15)27-21(25)32(20)29-19/h5-7,10,12-13,33H,4,8-9,11H2,1-3H3,(H2,25,27). The molecule has 34 heavy (non-hydrogen) atoms. The molecule has 1 fully saturated rings. The Labute approximate surface area is 194 Å². The number of ether oxygens (including phenoxy) is 1. The van der Waals surface area contributed by atoms with Gasteiger partial charge in [0.05, 0.1) is 36.7 Å². The molecule has 3 aromatic heterocycles.